The van der Waals surface area contributed by atoms with E-state index in [1.165, 1.54) is 6.92 Å². The molecular formula is C19H19NO4. The Bertz CT molecular complexity index is 733. The predicted octanol–water partition coefficient (Wildman–Crippen LogP) is 2.92. The maximum absolute atomic E-state index is 11.8. The molecule has 0 aliphatic carbocycles. The van der Waals surface area contributed by atoms with Crippen molar-refractivity contribution in [1.82, 2.24) is 0 Å². The Labute approximate surface area is 140 Å². The fourth-order valence-corrected chi connectivity index (χ4v) is 2.06. The number of ether oxygens (including phenoxy) is 1. The molecule has 1 amide bonds. The third-order valence-electron chi connectivity index (χ3n) is 3.41. The van der Waals surface area contributed by atoms with E-state index in [2.05, 4.69) is 5.32 Å². The highest BCUT2D eigenvalue weighted by molar-refractivity contribution is 5.96. The minimum absolute atomic E-state index is 0.0436. The Kier molecular flexibility index (Phi) is 5.84. The number of carbonyl (C=O) groups excluding carboxylic acids is 3. The molecule has 0 aliphatic rings. The highest BCUT2D eigenvalue weighted by Crippen LogP contribution is 2.10. The molecule has 5 heteroatoms. The van der Waals surface area contributed by atoms with Crippen molar-refractivity contribution in [3.05, 3.63) is 65.2 Å². The minimum Gasteiger partial charge on any atom is -0.455 e. The van der Waals surface area contributed by atoms with Gasteiger partial charge >= 0.3 is 5.97 Å². The number of amides is 1. The van der Waals surface area contributed by atoms with Crippen LogP contribution in [0.5, 0.6) is 0 Å². The van der Waals surface area contributed by atoms with Crippen LogP contribution in [0.15, 0.2) is 48.5 Å². The molecule has 2 aromatic carbocycles. The van der Waals surface area contributed by atoms with E-state index in [1.54, 1.807) is 24.3 Å². The summed E-state index contributed by atoms with van der Waals surface area (Å²) < 4.78 is 4.97. The first-order valence-corrected chi connectivity index (χ1v) is 7.56. The van der Waals surface area contributed by atoms with Gasteiger partial charge in [-0.1, -0.05) is 29.8 Å². The van der Waals surface area contributed by atoms with Crippen LogP contribution < -0.4 is 5.32 Å². The van der Waals surface area contributed by atoms with Crippen molar-refractivity contribution in [3.63, 3.8) is 0 Å². The summed E-state index contributed by atoms with van der Waals surface area (Å²) in [5, 5.41) is 2.61. The molecule has 5 nitrogen and oxygen atoms in total. The molecule has 0 saturated heterocycles. The second-order valence-corrected chi connectivity index (χ2v) is 5.50. The molecule has 2 aromatic rings. The first-order chi connectivity index (χ1) is 11.4. The molecule has 0 fully saturated rings. The number of Topliss-reactive ketones (excluding diaryl/α,β-unsaturated/α-hetero) is 1. The van der Waals surface area contributed by atoms with Crippen molar-refractivity contribution in [2.45, 2.75) is 20.3 Å². The number of esters is 1. The maximum atomic E-state index is 11.8. The number of benzene rings is 2. The average molecular weight is 325 g/mol. The smallest absolute Gasteiger partial charge is 0.310 e. The minimum atomic E-state index is -0.457. The molecule has 0 bridgehead atoms. The average Bonchev–Trinajstić information content (AvgIpc) is 2.55. The second-order valence-electron chi connectivity index (χ2n) is 5.50. The predicted molar refractivity (Wildman–Crippen MR) is 90.9 cm³/mol. The van der Waals surface area contributed by atoms with Gasteiger partial charge in [-0.15, -0.1) is 0 Å². The lowest BCUT2D eigenvalue weighted by molar-refractivity contribution is -0.146. The molecule has 124 valence electrons. The van der Waals surface area contributed by atoms with Gasteiger partial charge in [0.2, 0.25) is 0 Å². The molecule has 0 atom stereocenters. The Morgan fingerprint density at radius 1 is 0.958 bits per heavy atom. The summed E-state index contributed by atoms with van der Waals surface area (Å²) >= 11 is 0. The quantitative estimate of drug-likeness (QED) is 0.655. The molecular weight excluding hydrogens is 306 g/mol. The Balaban J connectivity index is 1.78. The van der Waals surface area contributed by atoms with Crippen molar-refractivity contribution in [1.29, 1.82) is 0 Å². The normalized spacial score (nSPS) is 10.1. The van der Waals surface area contributed by atoms with Gasteiger partial charge in [-0.05, 0) is 43.7 Å². The van der Waals surface area contributed by atoms with Crippen LogP contribution in [-0.4, -0.2) is 24.3 Å². The zero-order valence-electron chi connectivity index (χ0n) is 13.7. The Hall–Kier alpha value is -2.95. The fraction of sp³-hybridized carbons (Fsp3) is 0.211. The van der Waals surface area contributed by atoms with Gasteiger partial charge in [0.25, 0.3) is 5.91 Å². The third kappa shape index (κ3) is 5.35. The van der Waals surface area contributed by atoms with E-state index < -0.39 is 11.9 Å². The van der Waals surface area contributed by atoms with Gasteiger partial charge in [-0.25, -0.2) is 0 Å². The molecule has 0 unspecified atom stereocenters. The lowest BCUT2D eigenvalue weighted by atomic mass is 10.1. The molecule has 0 aromatic heterocycles. The monoisotopic (exact) mass is 325 g/mol. The summed E-state index contributed by atoms with van der Waals surface area (Å²) in [4.78, 5) is 34.7. The second kappa shape index (κ2) is 8.06. The van der Waals surface area contributed by atoms with Crippen LogP contribution >= 0.6 is 0 Å². The van der Waals surface area contributed by atoms with Crippen LogP contribution in [0.2, 0.25) is 0 Å². The van der Waals surface area contributed by atoms with Crippen LogP contribution in [0.25, 0.3) is 0 Å². The number of hydrogen-bond donors (Lipinski definition) is 1. The molecule has 0 spiro atoms. The van der Waals surface area contributed by atoms with Gasteiger partial charge in [-0.2, -0.15) is 0 Å². The molecule has 0 saturated carbocycles. The van der Waals surface area contributed by atoms with Crippen molar-refractivity contribution in [2.24, 2.45) is 0 Å². The largest absolute Gasteiger partial charge is 0.455 e. The zero-order chi connectivity index (χ0) is 17.5. The SMILES string of the molecule is CC(=O)c1ccc(NC(=O)COC(=O)Cc2ccc(C)cc2)cc1. The summed E-state index contributed by atoms with van der Waals surface area (Å²) in [6, 6.07) is 14.1. The number of ketones is 1. The van der Waals surface area contributed by atoms with Crippen LogP contribution in [0, 0.1) is 6.92 Å². The van der Waals surface area contributed by atoms with Crippen LogP contribution in [0.1, 0.15) is 28.4 Å². The van der Waals surface area contributed by atoms with Gasteiger partial charge < -0.3 is 10.1 Å². The number of anilines is 1. The number of carbonyl (C=O) groups is 3. The first kappa shape index (κ1) is 17.4. The number of rotatable bonds is 6. The lowest BCUT2D eigenvalue weighted by Gasteiger charge is -2.07. The van der Waals surface area contributed by atoms with Crippen molar-refractivity contribution >= 4 is 23.3 Å². The molecule has 1 N–H and O–H groups in total. The third-order valence-corrected chi connectivity index (χ3v) is 3.41. The Morgan fingerprint density at radius 2 is 1.58 bits per heavy atom. The van der Waals surface area contributed by atoms with Gasteiger partial charge in [-0.3, -0.25) is 14.4 Å². The first-order valence-electron chi connectivity index (χ1n) is 7.56. The standard InChI is InChI=1S/C19H19NO4/c1-13-3-5-15(6-4-13)11-19(23)24-12-18(22)20-17-9-7-16(8-10-17)14(2)21/h3-10H,11-12H2,1-2H3,(H,20,22). The molecule has 2 rings (SSSR count). The highest BCUT2D eigenvalue weighted by atomic mass is 16.5. The van der Waals surface area contributed by atoms with Gasteiger partial charge in [0.15, 0.2) is 12.4 Å². The molecule has 0 heterocycles. The molecule has 24 heavy (non-hydrogen) atoms. The molecule has 0 aliphatic heterocycles. The van der Waals surface area contributed by atoms with Gasteiger partial charge in [0, 0.05) is 11.3 Å². The van der Waals surface area contributed by atoms with E-state index in [1.807, 2.05) is 31.2 Å². The number of nitrogens with one attached hydrogen (secondary N) is 1. The van der Waals surface area contributed by atoms with E-state index in [4.69, 9.17) is 4.74 Å². The fourth-order valence-electron chi connectivity index (χ4n) is 2.06. The van der Waals surface area contributed by atoms with Crippen LogP contribution in [0.4, 0.5) is 5.69 Å². The zero-order valence-corrected chi connectivity index (χ0v) is 13.7. The van der Waals surface area contributed by atoms with Gasteiger partial charge in [0.1, 0.15) is 0 Å². The van der Waals surface area contributed by atoms with Gasteiger partial charge in [0.05, 0.1) is 6.42 Å². The topological polar surface area (TPSA) is 72.5 Å². The van der Waals surface area contributed by atoms with E-state index in [-0.39, 0.29) is 18.8 Å². The summed E-state index contributed by atoms with van der Waals surface area (Å²) in [6.45, 7) is 3.09. The lowest BCUT2D eigenvalue weighted by Crippen LogP contribution is -2.21. The number of aryl methyl sites for hydroxylation is 1. The van der Waals surface area contributed by atoms with Crippen molar-refractivity contribution in [2.75, 3.05) is 11.9 Å². The summed E-state index contributed by atoms with van der Waals surface area (Å²) in [6.07, 6.45) is 0.126. The summed E-state index contributed by atoms with van der Waals surface area (Å²) in [5.41, 5.74) is 3.06. The highest BCUT2D eigenvalue weighted by Gasteiger charge is 2.09. The summed E-state index contributed by atoms with van der Waals surface area (Å²) in [5.74, 6) is -0.929. The molecule has 0 radical (unpaired) electrons. The Morgan fingerprint density at radius 3 is 2.17 bits per heavy atom. The van der Waals surface area contributed by atoms with E-state index in [9.17, 15) is 14.4 Å². The van der Waals surface area contributed by atoms with E-state index in [0.717, 1.165) is 11.1 Å². The van der Waals surface area contributed by atoms with Crippen LogP contribution in [-0.2, 0) is 20.7 Å². The van der Waals surface area contributed by atoms with E-state index >= 15 is 0 Å². The maximum Gasteiger partial charge on any atom is 0.310 e. The van der Waals surface area contributed by atoms with Crippen molar-refractivity contribution < 1.29 is 19.1 Å². The summed E-state index contributed by atoms with van der Waals surface area (Å²) in [7, 11) is 0. The van der Waals surface area contributed by atoms with E-state index in [0.29, 0.717) is 11.3 Å². The van der Waals surface area contributed by atoms with Crippen LogP contribution in [0.3, 0.4) is 0 Å². The number of hydrogen-bond acceptors (Lipinski definition) is 4. The van der Waals surface area contributed by atoms with Crippen molar-refractivity contribution in [3.8, 4) is 0 Å².